The standard InChI is InChI=1S/C21H20N2O5S2/c1-26-20(25)14-5-3-13(4-6-14)19(24)22-21-23(7-10-29-2)15-11-16-17(12-18(15)30-21)28-9-8-27-16/h3-6,11-12H,7-10H2,1-2H3. The summed E-state index contributed by atoms with van der Waals surface area (Å²) in [6.45, 7) is 1.76. The summed E-state index contributed by atoms with van der Waals surface area (Å²) in [5.74, 6) is 1.49. The number of amides is 1. The molecule has 0 aliphatic carbocycles. The molecular formula is C21H20N2O5S2. The number of hydrogen-bond donors (Lipinski definition) is 0. The van der Waals surface area contributed by atoms with Gasteiger partial charge in [0.25, 0.3) is 5.91 Å². The molecule has 0 radical (unpaired) electrons. The van der Waals surface area contributed by atoms with Crippen molar-refractivity contribution in [1.29, 1.82) is 0 Å². The average molecular weight is 445 g/mol. The summed E-state index contributed by atoms with van der Waals surface area (Å²) < 4.78 is 19.1. The number of esters is 1. The maximum atomic E-state index is 12.8. The number of thiazole rings is 1. The molecule has 1 amide bonds. The van der Waals surface area contributed by atoms with Gasteiger partial charge >= 0.3 is 5.97 Å². The molecule has 0 saturated carbocycles. The second kappa shape index (κ2) is 8.93. The summed E-state index contributed by atoms with van der Waals surface area (Å²) in [4.78, 5) is 29.4. The normalized spacial score (nSPS) is 13.5. The highest BCUT2D eigenvalue weighted by Gasteiger charge is 2.17. The fourth-order valence-corrected chi connectivity index (χ4v) is 4.54. The van der Waals surface area contributed by atoms with Crippen molar-refractivity contribution >= 4 is 45.2 Å². The molecule has 1 aliphatic heterocycles. The molecule has 7 nitrogen and oxygen atoms in total. The number of carbonyl (C=O) groups excluding carboxylic acids is 2. The predicted octanol–water partition coefficient (Wildman–Crippen LogP) is 3.36. The smallest absolute Gasteiger partial charge is 0.337 e. The van der Waals surface area contributed by atoms with Crippen LogP contribution in [0.25, 0.3) is 10.2 Å². The van der Waals surface area contributed by atoms with Crippen molar-refractivity contribution in [2.24, 2.45) is 4.99 Å². The van der Waals surface area contributed by atoms with Gasteiger partial charge in [0.15, 0.2) is 16.3 Å². The zero-order valence-electron chi connectivity index (χ0n) is 16.5. The number of fused-ring (bicyclic) bond motifs is 2. The lowest BCUT2D eigenvalue weighted by molar-refractivity contribution is 0.0600. The molecule has 0 N–H and O–H groups in total. The van der Waals surface area contributed by atoms with Crippen LogP contribution in [0, 0.1) is 0 Å². The first-order valence-electron chi connectivity index (χ1n) is 9.30. The lowest BCUT2D eigenvalue weighted by atomic mass is 10.1. The fraction of sp³-hybridized carbons (Fsp3) is 0.286. The molecule has 9 heteroatoms. The quantitative estimate of drug-likeness (QED) is 0.562. The molecule has 30 heavy (non-hydrogen) atoms. The van der Waals surface area contributed by atoms with Crippen LogP contribution in [0.4, 0.5) is 0 Å². The van der Waals surface area contributed by atoms with Gasteiger partial charge in [-0.05, 0) is 30.5 Å². The summed E-state index contributed by atoms with van der Waals surface area (Å²) in [6, 6.07) is 10.2. The van der Waals surface area contributed by atoms with Crippen LogP contribution < -0.4 is 14.3 Å². The number of nitrogens with zero attached hydrogens (tertiary/aromatic N) is 2. The minimum Gasteiger partial charge on any atom is -0.486 e. The van der Waals surface area contributed by atoms with E-state index in [9.17, 15) is 9.59 Å². The van der Waals surface area contributed by atoms with Crippen molar-refractivity contribution in [3.8, 4) is 11.5 Å². The van der Waals surface area contributed by atoms with Crippen molar-refractivity contribution < 1.29 is 23.8 Å². The zero-order valence-corrected chi connectivity index (χ0v) is 18.2. The van der Waals surface area contributed by atoms with Gasteiger partial charge in [-0.15, -0.1) is 0 Å². The third kappa shape index (κ3) is 4.08. The van der Waals surface area contributed by atoms with Crippen molar-refractivity contribution in [2.75, 3.05) is 32.3 Å². The molecule has 0 bridgehead atoms. The number of thioether (sulfide) groups is 1. The molecule has 0 fully saturated rings. The minimum atomic E-state index is -0.446. The van der Waals surface area contributed by atoms with E-state index < -0.39 is 5.97 Å². The summed E-state index contributed by atoms with van der Waals surface area (Å²) in [6.07, 6.45) is 2.04. The van der Waals surface area contributed by atoms with Gasteiger partial charge in [0, 0.05) is 30.0 Å². The summed E-state index contributed by atoms with van der Waals surface area (Å²) in [5.41, 5.74) is 1.75. The Bertz CT molecular complexity index is 1160. The monoisotopic (exact) mass is 444 g/mol. The maximum absolute atomic E-state index is 12.8. The summed E-state index contributed by atoms with van der Waals surface area (Å²) >= 11 is 3.16. The number of methoxy groups -OCH3 is 1. The highest BCUT2D eigenvalue weighted by atomic mass is 32.2. The molecule has 0 saturated heterocycles. The molecule has 0 atom stereocenters. The first-order valence-corrected chi connectivity index (χ1v) is 11.5. The van der Waals surface area contributed by atoms with Gasteiger partial charge in [-0.2, -0.15) is 16.8 Å². The van der Waals surface area contributed by atoms with Gasteiger partial charge < -0.3 is 18.8 Å². The Balaban J connectivity index is 1.75. The second-order valence-electron chi connectivity index (χ2n) is 6.48. The Morgan fingerprint density at radius 2 is 1.80 bits per heavy atom. The van der Waals surface area contributed by atoms with E-state index in [-0.39, 0.29) is 5.91 Å². The van der Waals surface area contributed by atoms with Crippen molar-refractivity contribution in [3.63, 3.8) is 0 Å². The van der Waals surface area contributed by atoms with Crippen LogP contribution in [0.2, 0.25) is 0 Å². The molecule has 1 aliphatic rings. The summed E-state index contributed by atoms with van der Waals surface area (Å²) in [7, 11) is 1.32. The van der Waals surface area contributed by atoms with Crippen LogP contribution in [-0.4, -0.2) is 48.8 Å². The first kappa shape index (κ1) is 20.5. The van der Waals surface area contributed by atoms with Gasteiger partial charge in [0.05, 0.1) is 22.9 Å². The van der Waals surface area contributed by atoms with Gasteiger partial charge in [-0.25, -0.2) is 4.79 Å². The van der Waals surface area contributed by atoms with Gasteiger partial charge in [-0.1, -0.05) is 11.3 Å². The van der Waals surface area contributed by atoms with E-state index in [1.54, 1.807) is 36.0 Å². The maximum Gasteiger partial charge on any atom is 0.337 e. The molecule has 2 aromatic carbocycles. The lowest BCUT2D eigenvalue weighted by Gasteiger charge is -2.18. The molecule has 2 heterocycles. The third-order valence-electron chi connectivity index (χ3n) is 4.62. The number of aryl methyl sites for hydroxylation is 1. The SMILES string of the molecule is COC(=O)c1ccc(C(=O)N=c2sc3cc4c(cc3n2CCSC)OCCO4)cc1. The minimum absolute atomic E-state index is 0.367. The van der Waals surface area contributed by atoms with E-state index in [1.807, 2.05) is 23.0 Å². The number of hydrogen-bond acceptors (Lipinski definition) is 7. The van der Waals surface area contributed by atoms with Crippen LogP contribution in [-0.2, 0) is 11.3 Å². The van der Waals surface area contributed by atoms with E-state index >= 15 is 0 Å². The predicted molar refractivity (Wildman–Crippen MR) is 117 cm³/mol. The fourth-order valence-electron chi connectivity index (χ4n) is 3.11. The lowest BCUT2D eigenvalue weighted by Crippen LogP contribution is -2.19. The molecule has 0 spiro atoms. The van der Waals surface area contributed by atoms with Crippen molar-refractivity contribution in [3.05, 3.63) is 52.3 Å². The van der Waals surface area contributed by atoms with E-state index in [0.717, 1.165) is 16.0 Å². The van der Waals surface area contributed by atoms with E-state index in [0.29, 0.717) is 47.2 Å². The first-order chi connectivity index (χ1) is 14.6. The van der Waals surface area contributed by atoms with Crippen molar-refractivity contribution in [2.45, 2.75) is 6.54 Å². The van der Waals surface area contributed by atoms with Gasteiger partial charge in [0.1, 0.15) is 13.2 Å². The number of aromatic nitrogens is 1. The zero-order chi connectivity index (χ0) is 21.1. The highest BCUT2D eigenvalue weighted by Crippen LogP contribution is 2.35. The summed E-state index contributed by atoms with van der Waals surface area (Å²) in [5, 5.41) is 0. The Labute approximate surface area is 181 Å². The molecule has 1 aromatic heterocycles. The Morgan fingerprint density at radius 3 is 2.47 bits per heavy atom. The largest absolute Gasteiger partial charge is 0.486 e. The van der Waals surface area contributed by atoms with E-state index in [4.69, 9.17) is 9.47 Å². The van der Waals surface area contributed by atoms with Crippen LogP contribution in [0.1, 0.15) is 20.7 Å². The van der Waals surface area contributed by atoms with Crippen LogP contribution in [0.15, 0.2) is 41.4 Å². The number of ether oxygens (including phenoxy) is 3. The third-order valence-corrected chi connectivity index (χ3v) is 6.25. The van der Waals surface area contributed by atoms with Crippen LogP contribution in [0.3, 0.4) is 0 Å². The van der Waals surface area contributed by atoms with E-state index in [2.05, 4.69) is 9.73 Å². The highest BCUT2D eigenvalue weighted by molar-refractivity contribution is 7.98. The number of rotatable bonds is 5. The topological polar surface area (TPSA) is 79.1 Å². The van der Waals surface area contributed by atoms with E-state index in [1.165, 1.54) is 18.4 Å². The molecule has 3 aromatic rings. The van der Waals surface area contributed by atoms with Crippen LogP contribution >= 0.6 is 23.1 Å². The number of carbonyl (C=O) groups is 2. The van der Waals surface area contributed by atoms with Gasteiger partial charge in [0.2, 0.25) is 0 Å². The molecule has 156 valence electrons. The Morgan fingerprint density at radius 1 is 1.13 bits per heavy atom. The average Bonchev–Trinajstić information content (AvgIpc) is 3.11. The molecule has 0 unspecified atom stereocenters. The second-order valence-corrected chi connectivity index (χ2v) is 8.47. The Kier molecular flexibility index (Phi) is 6.10. The Hall–Kier alpha value is -2.78. The van der Waals surface area contributed by atoms with Crippen LogP contribution in [0.5, 0.6) is 11.5 Å². The van der Waals surface area contributed by atoms with Gasteiger partial charge in [-0.3, -0.25) is 4.79 Å². The molecular weight excluding hydrogens is 424 g/mol. The van der Waals surface area contributed by atoms with Crippen molar-refractivity contribution in [1.82, 2.24) is 4.57 Å². The number of benzene rings is 2. The molecule has 4 rings (SSSR count).